The zero-order valence-electron chi connectivity index (χ0n) is 17.4. The molecule has 0 aliphatic heterocycles. The number of aryl methyl sites for hydroxylation is 1. The third kappa shape index (κ3) is 4.97. The first kappa shape index (κ1) is 21.5. The molecule has 0 radical (unpaired) electrons. The molecule has 4 aromatic rings. The molecule has 0 bridgehead atoms. The molecule has 3 nitrogen and oxygen atoms in total. The molecule has 0 aromatic heterocycles. The van der Waals surface area contributed by atoms with Gasteiger partial charge in [0.15, 0.2) is 11.5 Å². The summed E-state index contributed by atoms with van der Waals surface area (Å²) in [4.78, 5) is 0. The second-order valence-electron chi connectivity index (χ2n) is 7.35. The van der Waals surface area contributed by atoms with E-state index in [1.165, 1.54) is 10.8 Å². The summed E-state index contributed by atoms with van der Waals surface area (Å²) in [5, 5.41) is 6.55. The topological polar surface area (TPSA) is 30.5 Å². The average Bonchev–Trinajstić information content (AvgIpc) is 2.78. The fourth-order valence-corrected chi connectivity index (χ4v) is 4.34. The van der Waals surface area contributed by atoms with Crippen LogP contribution in [0.4, 0.5) is 5.69 Å². The Bertz CT molecular complexity index is 1220. The van der Waals surface area contributed by atoms with Crippen molar-refractivity contribution in [3.05, 3.63) is 99.0 Å². The number of halogens is 2. The van der Waals surface area contributed by atoms with Crippen LogP contribution in [0.15, 0.2) is 77.3 Å². The first-order chi connectivity index (χ1) is 15.0. The van der Waals surface area contributed by atoms with E-state index in [1.54, 1.807) is 7.11 Å². The van der Waals surface area contributed by atoms with Crippen molar-refractivity contribution in [3.63, 3.8) is 0 Å². The fraction of sp³-hybridized carbons (Fsp3) is 0.154. The van der Waals surface area contributed by atoms with Crippen molar-refractivity contribution in [3.8, 4) is 11.5 Å². The van der Waals surface area contributed by atoms with Crippen LogP contribution in [0.2, 0.25) is 5.02 Å². The molecule has 0 saturated heterocycles. The van der Waals surface area contributed by atoms with Crippen LogP contribution >= 0.6 is 27.5 Å². The summed E-state index contributed by atoms with van der Waals surface area (Å²) in [5.41, 5.74) is 4.36. The molecule has 0 atom stereocenters. The number of rotatable bonds is 7. The van der Waals surface area contributed by atoms with E-state index in [0.717, 1.165) is 26.9 Å². The summed E-state index contributed by atoms with van der Waals surface area (Å²) in [6.07, 6.45) is 0. The van der Waals surface area contributed by atoms with E-state index < -0.39 is 0 Å². The summed E-state index contributed by atoms with van der Waals surface area (Å²) in [6.45, 7) is 3.15. The molecular formula is C26H23BrClNO2. The third-order valence-corrected chi connectivity index (χ3v) is 6.05. The molecule has 4 rings (SSSR count). The maximum atomic E-state index is 6.20. The number of benzene rings is 4. The molecule has 158 valence electrons. The molecular weight excluding hydrogens is 474 g/mol. The van der Waals surface area contributed by atoms with Crippen molar-refractivity contribution in [2.75, 3.05) is 12.4 Å². The van der Waals surface area contributed by atoms with Crippen LogP contribution in [0.1, 0.15) is 16.7 Å². The van der Waals surface area contributed by atoms with Crippen LogP contribution in [-0.4, -0.2) is 7.11 Å². The van der Waals surface area contributed by atoms with Gasteiger partial charge in [-0.1, -0.05) is 60.1 Å². The average molecular weight is 497 g/mol. The maximum absolute atomic E-state index is 6.20. The molecule has 5 heteroatoms. The number of hydrogen-bond acceptors (Lipinski definition) is 3. The van der Waals surface area contributed by atoms with Crippen molar-refractivity contribution in [2.24, 2.45) is 0 Å². The summed E-state index contributed by atoms with van der Waals surface area (Å²) in [6, 6.07) is 24.5. The first-order valence-corrected chi connectivity index (χ1v) is 11.2. The lowest BCUT2D eigenvalue weighted by atomic mass is 10.1. The largest absolute Gasteiger partial charge is 0.493 e. The lowest BCUT2D eigenvalue weighted by Gasteiger charge is -2.16. The van der Waals surface area contributed by atoms with E-state index in [-0.39, 0.29) is 0 Å². The Morgan fingerprint density at radius 1 is 0.968 bits per heavy atom. The first-order valence-electron chi connectivity index (χ1n) is 10.0. The lowest BCUT2D eigenvalue weighted by Crippen LogP contribution is -2.04. The number of ether oxygens (including phenoxy) is 2. The second-order valence-corrected chi connectivity index (χ2v) is 8.64. The van der Waals surface area contributed by atoms with Gasteiger partial charge in [0.1, 0.15) is 6.61 Å². The summed E-state index contributed by atoms with van der Waals surface area (Å²) >= 11 is 9.79. The van der Waals surface area contributed by atoms with Gasteiger partial charge in [0.25, 0.3) is 0 Å². The van der Waals surface area contributed by atoms with Gasteiger partial charge in [0.05, 0.1) is 11.6 Å². The predicted molar refractivity (Wildman–Crippen MR) is 132 cm³/mol. The lowest BCUT2D eigenvalue weighted by molar-refractivity contribution is 0.283. The number of nitrogens with one attached hydrogen (secondary N) is 1. The summed E-state index contributed by atoms with van der Waals surface area (Å²) in [5.74, 6) is 1.38. The third-order valence-electron chi connectivity index (χ3n) is 5.22. The smallest absolute Gasteiger partial charge is 0.175 e. The van der Waals surface area contributed by atoms with Crippen LogP contribution in [0, 0.1) is 6.92 Å². The van der Waals surface area contributed by atoms with Gasteiger partial charge in [-0.05, 0) is 74.6 Å². The zero-order chi connectivity index (χ0) is 21.8. The monoisotopic (exact) mass is 495 g/mol. The quantitative estimate of drug-likeness (QED) is 0.283. The number of fused-ring (bicyclic) bond motifs is 1. The second kappa shape index (κ2) is 9.63. The molecule has 0 fully saturated rings. The Hall–Kier alpha value is -2.69. The molecule has 0 spiro atoms. The summed E-state index contributed by atoms with van der Waals surface area (Å²) in [7, 11) is 1.66. The molecule has 0 aliphatic carbocycles. The molecule has 0 unspecified atom stereocenters. The van der Waals surface area contributed by atoms with Crippen LogP contribution < -0.4 is 14.8 Å². The molecule has 1 N–H and O–H groups in total. The van der Waals surface area contributed by atoms with Gasteiger partial charge >= 0.3 is 0 Å². The minimum Gasteiger partial charge on any atom is -0.493 e. The molecule has 0 saturated carbocycles. The van der Waals surface area contributed by atoms with Crippen LogP contribution in [0.3, 0.4) is 0 Å². The van der Waals surface area contributed by atoms with Crippen molar-refractivity contribution >= 4 is 44.0 Å². The highest BCUT2D eigenvalue weighted by atomic mass is 79.9. The van der Waals surface area contributed by atoms with E-state index in [0.29, 0.717) is 29.7 Å². The molecule has 0 aliphatic rings. The highest BCUT2D eigenvalue weighted by Gasteiger charge is 2.13. The van der Waals surface area contributed by atoms with E-state index in [4.69, 9.17) is 21.1 Å². The number of anilines is 1. The van der Waals surface area contributed by atoms with Crippen molar-refractivity contribution in [2.45, 2.75) is 20.1 Å². The molecule has 4 aromatic carbocycles. The van der Waals surface area contributed by atoms with Gasteiger partial charge in [-0.25, -0.2) is 0 Å². The van der Waals surface area contributed by atoms with E-state index in [1.807, 2.05) is 42.5 Å². The van der Waals surface area contributed by atoms with Crippen molar-refractivity contribution < 1.29 is 9.47 Å². The standard InChI is InChI=1S/C26H23BrClNO2/c1-17-10-11-21(28)14-24(17)29-15-18-12-23(27)26(25(13-18)30-2)31-16-20-8-5-7-19-6-3-4-9-22(19)20/h3-14,29H,15-16H2,1-2H3. The Labute approximate surface area is 196 Å². The van der Waals surface area contributed by atoms with E-state index in [2.05, 4.69) is 58.5 Å². The minimum atomic E-state index is 0.454. The van der Waals surface area contributed by atoms with Gasteiger partial charge in [-0.15, -0.1) is 0 Å². The highest BCUT2D eigenvalue weighted by molar-refractivity contribution is 9.10. The predicted octanol–water partition coefficient (Wildman–Crippen LogP) is 7.76. The fourth-order valence-electron chi connectivity index (χ4n) is 3.57. The highest BCUT2D eigenvalue weighted by Crippen LogP contribution is 2.38. The van der Waals surface area contributed by atoms with Crippen LogP contribution in [0.5, 0.6) is 11.5 Å². The van der Waals surface area contributed by atoms with Crippen molar-refractivity contribution in [1.29, 1.82) is 0 Å². The molecule has 31 heavy (non-hydrogen) atoms. The summed E-state index contributed by atoms with van der Waals surface area (Å²) < 4.78 is 12.7. The number of methoxy groups -OCH3 is 1. The van der Waals surface area contributed by atoms with Gasteiger partial charge in [-0.2, -0.15) is 0 Å². The minimum absolute atomic E-state index is 0.454. The normalized spacial score (nSPS) is 10.8. The van der Waals surface area contributed by atoms with Gasteiger partial charge < -0.3 is 14.8 Å². The molecule has 0 amide bonds. The van der Waals surface area contributed by atoms with Crippen LogP contribution in [0.25, 0.3) is 10.8 Å². The van der Waals surface area contributed by atoms with Gasteiger partial charge in [0, 0.05) is 17.3 Å². The number of hydrogen-bond donors (Lipinski definition) is 1. The Morgan fingerprint density at radius 3 is 2.61 bits per heavy atom. The van der Waals surface area contributed by atoms with Gasteiger partial charge in [0.2, 0.25) is 0 Å². The van der Waals surface area contributed by atoms with E-state index in [9.17, 15) is 0 Å². The van der Waals surface area contributed by atoms with Crippen LogP contribution in [-0.2, 0) is 13.2 Å². The SMILES string of the molecule is COc1cc(CNc2cc(Cl)ccc2C)cc(Br)c1OCc1cccc2ccccc12. The Morgan fingerprint density at radius 2 is 1.77 bits per heavy atom. The Balaban J connectivity index is 1.53. The van der Waals surface area contributed by atoms with Gasteiger partial charge in [-0.3, -0.25) is 0 Å². The maximum Gasteiger partial charge on any atom is 0.175 e. The zero-order valence-corrected chi connectivity index (χ0v) is 19.8. The molecule has 0 heterocycles. The van der Waals surface area contributed by atoms with E-state index >= 15 is 0 Å². The Kier molecular flexibility index (Phi) is 6.69. The van der Waals surface area contributed by atoms with Crippen molar-refractivity contribution in [1.82, 2.24) is 0 Å².